The molecule has 2 aromatic carbocycles. The normalized spacial score (nSPS) is 10.9. The number of benzene rings is 2. The summed E-state index contributed by atoms with van der Waals surface area (Å²) in [5.41, 5.74) is 0.377. The highest BCUT2D eigenvalue weighted by Gasteiger charge is 2.20. The predicted molar refractivity (Wildman–Crippen MR) is 95.0 cm³/mol. The topological polar surface area (TPSA) is 33.2 Å². The first-order valence-electron chi connectivity index (χ1n) is 7.35. The van der Waals surface area contributed by atoms with Crippen LogP contribution in [0.2, 0.25) is 5.02 Å². The van der Waals surface area contributed by atoms with E-state index in [0.717, 1.165) is 22.4 Å². The van der Waals surface area contributed by atoms with Crippen LogP contribution in [-0.2, 0) is 11.3 Å². The van der Waals surface area contributed by atoms with Gasteiger partial charge in [-0.05, 0) is 42.5 Å². The molecule has 0 atom stereocenters. The van der Waals surface area contributed by atoms with Crippen molar-refractivity contribution < 1.29 is 13.6 Å². The summed E-state index contributed by atoms with van der Waals surface area (Å²) in [4.78, 5) is 17.8. The summed E-state index contributed by atoms with van der Waals surface area (Å²) in [5, 5.41) is 1.34. The molecule has 25 heavy (non-hydrogen) atoms. The number of hydrogen-bond acceptors (Lipinski definition) is 2. The van der Waals surface area contributed by atoms with Crippen LogP contribution in [0.25, 0.3) is 10.9 Å². The van der Waals surface area contributed by atoms with E-state index in [-0.39, 0.29) is 23.8 Å². The van der Waals surface area contributed by atoms with Crippen LogP contribution in [0.4, 0.5) is 14.6 Å². The van der Waals surface area contributed by atoms with Crippen LogP contribution < -0.4 is 4.90 Å². The Hall–Kier alpha value is -2.24. The number of rotatable bonds is 4. The first kappa shape index (κ1) is 17.6. The third-order valence-corrected chi connectivity index (χ3v) is 4.17. The molecule has 1 heterocycles. The molecule has 0 saturated heterocycles. The predicted octanol–water partition coefficient (Wildman–Crippen LogP) is 4.94. The third-order valence-electron chi connectivity index (χ3n) is 3.71. The van der Waals surface area contributed by atoms with E-state index >= 15 is 0 Å². The summed E-state index contributed by atoms with van der Waals surface area (Å²) >= 11 is 11.6. The van der Waals surface area contributed by atoms with Gasteiger partial charge in [-0.25, -0.2) is 13.8 Å². The monoisotopic (exact) mass is 380 g/mol. The number of alkyl halides is 1. The molecule has 1 amide bonds. The van der Waals surface area contributed by atoms with Gasteiger partial charge in [0.15, 0.2) is 0 Å². The van der Waals surface area contributed by atoms with Gasteiger partial charge in [-0.1, -0.05) is 17.7 Å². The highest BCUT2D eigenvalue weighted by Crippen LogP contribution is 2.24. The Kier molecular flexibility index (Phi) is 5.16. The minimum absolute atomic E-state index is 0.223. The molecule has 0 aliphatic carbocycles. The molecular formula is C18H12Cl2F2N2O. The average molecular weight is 381 g/mol. The Morgan fingerprint density at radius 2 is 1.80 bits per heavy atom. The van der Waals surface area contributed by atoms with E-state index in [1.54, 1.807) is 30.3 Å². The van der Waals surface area contributed by atoms with Crippen LogP contribution in [0, 0.1) is 11.6 Å². The molecule has 128 valence electrons. The standard InChI is InChI=1S/C18H12Cl2F2N2O/c19-9-18(25)24(10-13-14(21)2-1-3-15(13)22)17-7-4-11-8-12(20)5-6-16(11)23-17/h1-8H,9-10H2. The second-order valence-electron chi connectivity index (χ2n) is 5.32. The Morgan fingerprint density at radius 1 is 1.08 bits per heavy atom. The fourth-order valence-electron chi connectivity index (χ4n) is 2.45. The van der Waals surface area contributed by atoms with Gasteiger partial charge in [0.05, 0.1) is 12.1 Å². The van der Waals surface area contributed by atoms with Crippen molar-refractivity contribution in [2.75, 3.05) is 10.8 Å². The molecular weight excluding hydrogens is 369 g/mol. The molecule has 3 rings (SSSR count). The molecule has 3 aromatic rings. The number of hydrogen-bond donors (Lipinski definition) is 0. The Morgan fingerprint density at radius 3 is 2.48 bits per heavy atom. The van der Waals surface area contributed by atoms with E-state index < -0.39 is 17.5 Å². The van der Waals surface area contributed by atoms with E-state index in [2.05, 4.69) is 4.98 Å². The number of anilines is 1. The number of pyridine rings is 1. The van der Waals surface area contributed by atoms with E-state index in [9.17, 15) is 13.6 Å². The van der Waals surface area contributed by atoms with Crippen LogP contribution in [0.1, 0.15) is 5.56 Å². The first-order valence-corrected chi connectivity index (χ1v) is 8.26. The number of halogens is 4. The van der Waals surface area contributed by atoms with Crippen molar-refractivity contribution in [3.63, 3.8) is 0 Å². The molecule has 0 aliphatic heterocycles. The van der Waals surface area contributed by atoms with Gasteiger partial charge in [0, 0.05) is 16.0 Å². The maximum absolute atomic E-state index is 13.9. The molecule has 0 unspecified atom stereocenters. The van der Waals surface area contributed by atoms with Gasteiger partial charge in [0.25, 0.3) is 0 Å². The van der Waals surface area contributed by atoms with Gasteiger partial charge < -0.3 is 0 Å². The summed E-state index contributed by atoms with van der Waals surface area (Å²) in [6.45, 7) is -0.309. The summed E-state index contributed by atoms with van der Waals surface area (Å²) in [6, 6.07) is 12.0. The van der Waals surface area contributed by atoms with Gasteiger partial charge in [-0.2, -0.15) is 0 Å². The quantitative estimate of drug-likeness (QED) is 0.600. The molecule has 0 radical (unpaired) electrons. The molecule has 1 aromatic heterocycles. The van der Waals surface area contributed by atoms with Crippen molar-refractivity contribution in [3.05, 3.63) is 70.8 Å². The molecule has 0 aliphatic rings. The molecule has 0 spiro atoms. The summed E-state index contributed by atoms with van der Waals surface area (Å²) in [7, 11) is 0. The number of carbonyl (C=O) groups excluding carboxylic acids is 1. The zero-order valence-corrected chi connectivity index (χ0v) is 14.4. The van der Waals surface area contributed by atoms with Crippen LogP contribution in [0.3, 0.4) is 0 Å². The lowest BCUT2D eigenvalue weighted by Crippen LogP contribution is -2.32. The molecule has 0 bridgehead atoms. The lowest BCUT2D eigenvalue weighted by molar-refractivity contribution is -0.116. The molecule has 0 fully saturated rings. The minimum Gasteiger partial charge on any atom is -0.291 e. The average Bonchev–Trinajstić information content (AvgIpc) is 2.60. The maximum Gasteiger partial charge on any atom is 0.243 e. The van der Waals surface area contributed by atoms with Gasteiger partial charge in [0.1, 0.15) is 23.3 Å². The van der Waals surface area contributed by atoms with E-state index in [1.165, 1.54) is 6.07 Å². The minimum atomic E-state index is -0.736. The van der Waals surface area contributed by atoms with Crippen molar-refractivity contribution in [3.8, 4) is 0 Å². The second-order valence-corrected chi connectivity index (χ2v) is 6.02. The van der Waals surface area contributed by atoms with Crippen molar-refractivity contribution in [2.45, 2.75) is 6.54 Å². The fourth-order valence-corrected chi connectivity index (χ4v) is 2.77. The van der Waals surface area contributed by atoms with Gasteiger partial charge >= 0.3 is 0 Å². The zero-order chi connectivity index (χ0) is 18.0. The van der Waals surface area contributed by atoms with Crippen molar-refractivity contribution in [1.82, 2.24) is 4.98 Å². The number of aromatic nitrogens is 1. The Balaban J connectivity index is 2.04. The lowest BCUT2D eigenvalue weighted by Gasteiger charge is -2.22. The van der Waals surface area contributed by atoms with Crippen molar-refractivity contribution in [1.29, 1.82) is 0 Å². The Labute approximate surface area is 152 Å². The highest BCUT2D eigenvalue weighted by atomic mass is 35.5. The summed E-state index contributed by atoms with van der Waals surface area (Å²) in [6.07, 6.45) is 0. The zero-order valence-electron chi connectivity index (χ0n) is 12.8. The molecule has 3 nitrogen and oxygen atoms in total. The van der Waals surface area contributed by atoms with Crippen LogP contribution in [-0.4, -0.2) is 16.8 Å². The fraction of sp³-hybridized carbons (Fsp3) is 0.111. The maximum atomic E-state index is 13.9. The number of fused-ring (bicyclic) bond motifs is 1. The molecule has 0 N–H and O–H groups in total. The third kappa shape index (κ3) is 3.72. The second kappa shape index (κ2) is 7.33. The molecule has 0 saturated carbocycles. The van der Waals surface area contributed by atoms with Crippen LogP contribution in [0.5, 0.6) is 0 Å². The highest BCUT2D eigenvalue weighted by molar-refractivity contribution is 6.31. The van der Waals surface area contributed by atoms with Gasteiger partial charge in [-0.15, -0.1) is 11.6 Å². The van der Waals surface area contributed by atoms with Crippen molar-refractivity contribution in [2.24, 2.45) is 0 Å². The van der Waals surface area contributed by atoms with Crippen molar-refractivity contribution >= 4 is 45.8 Å². The van der Waals surface area contributed by atoms with E-state index in [4.69, 9.17) is 23.2 Å². The number of amides is 1. The largest absolute Gasteiger partial charge is 0.291 e. The number of nitrogens with zero attached hydrogens (tertiary/aromatic N) is 2. The van der Waals surface area contributed by atoms with Crippen LogP contribution >= 0.6 is 23.2 Å². The molecule has 7 heteroatoms. The Bertz CT molecular complexity index is 929. The van der Waals surface area contributed by atoms with Gasteiger partial charge in [0.2, 0.25) is 5.91 Å². The lowest BCUT2D eigenvalue weighted by atomic mass is 10.1. The summed E-state index contributed by atoms with van der Waals surface area (Å²) in [5.74, 6) is -2.07. The van der Waals surface area contributed by atoms with E-state index in [1.807, 2.05) is 0 Å². The van der Waals surface area contributed by atoms with E-state index in [0.29, 0.717) is 10.5 Å². The van der Waals surface area contributed by atoms with Crippen LogP contribution in [0.15, 0.2) is 48.5 Å². The SMILES string of the molecule is O=C(CCl)N(Cc1c(F)cccc1F)c1ccc2cc(Cl)ccc2n1. The van der Waals surface area contributed by atoms with Gasteiger partial charge in [-0.3, -0.25) is 9.69 Å². The smallest absolute Gasteiger partial charge is 0.243 e. The summed E-state index contributed by atoms with van der Waals surface area (Å²) < 4.78 is 27.9. The number of carbonyl (C=O) groups is 1. The first-order chi connectivity index (χ1) is 12.0.